The van der Waals surface area contributed by atoms with Crippen molar-refractivity contribution in [1.82, 2.24) is 5.32 Å². The topological polar surface area (TPSA) is 30.5 Å². The molecule has 0 spiro atoms. The molecule has 0 aromatic carbocycles. The molecule has 0 amide bonds. The average molecular weight is 257 g/mol. The molecule has 1 rings (SSSR count). The lowest BCUT2D eigenvalue weighted by Crippen LogP contribution is -2.29. The van der Waals surface area contributed by atoms with Crippen LogP contribution in [0.4, 0.5) is 0 Å². The van der Waals surface area contributed by atoms with E-state index in [-0.39, 0.29) is 0 Å². The molecule has 0 radical (unpaired) electrons. The van der Waals surface area contributed by atoms with E-state index in [1.54, 1.807) is 7.11 Å². The first-order chi connectivity index (χ1) is 8.72. The fraction of sp³-hybridized carbons (Fsp3) is 1.00. The zero-order chi connectivity index (χ0) is 13.2. The summed E-state index contributed by atoms with van der Waals surface area (Å²) in [7, 11) is 1.76. The molecular formula is C15H31NO2. The molecule has 1 N–H and O–H groups in total. The summed E-state index contributed by atoms with van der Waals surface area (Å²) in [6.45, 7) is 9.51. The van der Waals surface area contributed by atoms with Gasteiger partial charge in [0.05, 0.1) is 6.61 Å². The fourth-order valence-electron chi connectivity index (χ4n) is 2.86. The van der Waals surface area contributed by atoms with Crippen LogP contribution in [0.5, 0.6) is 0 Å². The van der Waals surface area contributed by atoms with E-state index in [0.717, 1.165) is 50.7 Å². The first-order valence-corrected chi connectivity index (χ1v) is 7.49. The Kier molecular flexibility index (Phi) is 8.64. The molecule has 1 aliphatic rings. The average Bonchev–Trinajstić information content (AvgIpc) is 2.35. The zero-order valence-corrected chi connectivity index (χ0v) is 12.4. The Hall–Kier alpha value is -0.120. The van der Waals surface area contributed by atoms with Crippen molar-refractivity contribution in [3.8, 4) is 0 Å². The van der Waals surface area contributed by atoms with Crippen LogP contribution >= 0.6 is 0 Å². The van der Waals surface area contributed by atoms with E-state index in [4.69, 9.17) is 9.47 Å². The molecule has 1 aliphatic heterocycles. The molecule has 1 atom stereocenters. The van der Waals surface area contributed by atoms with Gasteiger partial charge in [-0.3, -0.25) is 0 Å². The SMILES string of the molecule is COCCNCC(CC(C)C)CC1CCOCC1. The number of ether oxygens (including phenoxy) is 2. The van der Waals surface area contributed by atoms with Crippen molar-refractivity contribution >= 4 is 0 Å². The Bertz CT molecular complexity index is 191. The van der Waals surface area contributed by atoms with Gasteiger partial charge in [-0.1, -0.05) is 13.8 Å². The van der Waals surface area contributed by atoms with Gasteiger partial charge in [0.15, 0.2) is 0 Å². The summed E-state index contributed by atoms with van der Waals surface area (Å²) in [6.07, 6.45) is 5.21. The molecule has 0 saturated carbocycles. The normalized spacial score (nSPS) is 19.3. The Morgan fingerprint density at radius 3 is 2.61 bits per heavy atom. The van der Waals surface area contributed by atoms with Crippen molar-refractivity contribution in [3.63, 3.8) is 0 Å². The van der Waals surface area contributed by atoms with E-state index in [1.807, 2.05) is 0 Å². The molecule has 0 bridgehead atoms. The molecule has 18 heavy (non-hydrogen) atoms. The number of rotatable bonds is 9. The van der Waals surface area contributed by atoms with Crippen LogP contribution in [0.2, 0.25) is 0 Å². The third-order valence-electron chi connectivity index (χ3n) is 3.73. The lowest BCUT2D eigenvalue weighted by Gasteiger charge is -2.28. The van der Waals surface area contributed by atoms with E-state index in [0.29, 0.717) is 0 Å². The van der Waals surface area contributed by atoms with Gasteiger partial charge >= 0.3 is 0 Å². The van der Waals surface area contributed by atoms with Crippen LogP contribution in [0.25, 0.3) is 0 Å². The van der Waals surface area contributed by atoms with Crippen LogP contribution < -0.4 is 5.32 Å². The van der Waals surface area contributed by atoms with Crippen molar-refractivity contribution in [2.45, 2.75) is 39.5 Å². The van der Waals surface area contributed by atoms with Gasteiger partial charge in [0.2, 0.25) is 0 Å². The van der Waals surface area contributed by atoms with Gasteiger partial charge in [-0.25, -0.2) is 0 Å². The van der Waals surface area contributed by atoms with Gasteiger partial charge in [0.25, 0.3) is 0 Å². The van der Waals surface area contributed by atoms with Gasteiger partial charge in [-0.05, 0) is 50.0 Å². The Morgan fingerprint density at radius 2 is 2.00 bits per heavy atom. The Labute approximate surface area is 113 Å². The third-order valence-corrected chi connectivity index (χ3v) is 3.73. The first kappa shape index (κ1) is 15.9. The number of hydrogen-bond acceptors (Lipinski definition) is 3. The Morgan fingerprint density at radius 1 is 1.28 bits per heavy atom. The lowest BCUT2D eigenvalue weighted by atomic mass is 9.84. The van der Waals surface area contributed by atoms with E-state index in [1.165, 1.54) is 25.7 Å². The monoisotopic (exact) mass is 257 g/mol. The zero-order valence-electron chi connectivity index (χ0n) is 12.4. The number of nitrogens with one attached hydrogen (secondary N) is 1. The van der Waals surface area contributed by atoms with Gasteiger partial charge in [0, 0.05) is 26.9 Å². The highest BCUT2D eigenvalue weighted by molar-refractivity contribution is 4.72. The molecule has 0 aromatic heterocycles. The molecule has 3 nitrogen and oxygen atoms in total. The second-order valence-electron chi connectivity index (χ2n) is 5.98. The summed E-state index contributed by atoms with van der Waals surface area (Å²) in [5, 5.41) is 3.53. The molecular weight excluding hydrogens is 226 g/mol. The molecule has 1 fully saturated rings. The maximum atomic E-state index is 5.44. The van der Waals surface area contributed by atoms with Crippen LogP contribution in [-0.2, 0) is 9.47 Å². The third kappa shape index (κ3) is 7.34. The predicted molar refractivity (Wildman–Crippen MR) is 75.9 cm³/mol. The molecule has 0 aliphatic carbocycles. The Balaban J connectivity index is 2.24. The van der Waals surface area contributed by atoms with Gasteiger partial charge in [-0.15, -0.1) is 0 Å². The summed E-state index contributed by atoms with van der Waals surface area (Å²) >= 11 is 0. The van der Waals surface area contributed by atoms with E-state index in [9.17, 15) is 0 Å². The van der Waals surface area contributed by atoms with Crippen molar-refractivity contribution in [1.29, 1.82) is 0 Å². The van der Waals surface area contributed by atoms with E-state index >= 15 is 0 Å². The minimum Gasteiger partial charge on any atom is -0.383 e. The van der Waals surface area contributed by atoms with Crippen LogP contribution in [0.15, 0.2) is 0 Å². The molecule has 108 valence electrons. The van der Waals surface area contributed by atoms with Crippen LogP contribution in [0, 0.1) is 17.8 Å². The van der Waals surface area contributed by atoms with Gasteiger partial charge in [-0.2, -0.15) is 0 Å². The molecule has 1 saturated heterocycles. The van der Waals surface area contributed by atoms with Gasteiger partial charge < -0.3 is 14.8 Å². The molecule has 3 heteroatoms. The van der Waals surface area contributed by atoms with Crippen LogP contribution in [-0.4, -0.2) is 40.0 Å². The summed E-state index contributed by atoms with van der Waals surface area (Å²) in [4.78, 5) is 0. The van der Waals surface area contributed by atoms with Crippen LogP contribution in [0.1, 0.15) is 39.5 Å². The minimum absolute atomic E-state index is 0.791. The second-order valence-corrected chi connectivity index (χ2v) is 5.98. The number of hydrogen-bond donors (Lipinski definition) is 1. The standard InChI is InChI=1S/C15H31NO2/c1-13(2)10-15(12-16-6-9-17-3)11-14-4-7-18-8-5-14/h13-16H,4-12H2,1-3H3. The van der Waals surface area contributed by atoms with Crippen molar-refractivity contribution in [2.75, 3.05) is 40.0 Å². The highest BCUT2D eigenvalue weighted by Crippen LogP contribution is 2.26. The second kappa shape index (κ2) is 9.76. The lowest BCUT2D eigenvalue weighted by molar-refractivity contribution is 0.0572. The van der Waals surface area contributed by atoms with Crippen molar-refractivity contribution < 1.29 is 9.47 Å². The summed E-state index contributed by atoms with van der Waals surface area (Å²) in [6, 6.07) is 0. The first-order valence-electron chi connectivity index (χ1n) is 7.49. The van der Waals surface area contributed by atoms with E-state index in [2.05, 4.69) is 19.2 Å². The maximum Gasteiger partial charge on any atom is 0.0587 e. The summed E-state index contributed by atoms with van der Waals surface area (Å²) in [5.74, 6) is 2.48. The van der Waals surface area contributed by atoms with Gasteiger partial charge in [0.1, 0.15) is 0 Å². The highest BCUT2D eigenvalue weighted by atomic mass is 16.5. The largest absolute Gasteiger partial charge is 0.383 e. The van der Waals surface area contributed by atoms with Crippen molar-refractivity contribution in [2.24, 2.45) is 17.8 Å². The quantitative estimate of drug-likeness (QED) is 0.644. The smallest absolute Gasteiger partial charge is 0.0587 e. The minimum atomic E-state index is 0.791. The van der Waals surface area contributed by atoms with Crippen molar-refractivity contribution in [3.05, 3.63) is 0 Å². The van der Waals surface area contributed by atoms with Crippen LogP contribution in [0.3, 0.4) is 0 Å². The molecule has 1 heterocycles. The van der Waals surface area contributed by atoms with E-state index < -0.39 is 0 Å². The predicted octanol–water partition coefficient (Wildman–Crippen LogP) is 2.70. The molecule has 0 aromatic rings. The molecule has 1 unspecified atom stereocenters. The maximum absolute atomic E-state index is 5.44. The number of methoxy groups -OCH3 is 1. The summed E-state index contributed by atoms with van der Waals surface area (Å²) in [5.41, 5.74) is 0. The fourth-order valence-corrected chi connectivity index (χ4v) is 2.86. The summed E-state index contributed by atoms with van der Waals surface area (Å²) < 4.78 is 10.5. The highest BCUT2D eigenvalue weighted by Gasteiger charge is 2.19.